The molecule has 0 unspecified atom stereocenters. The van der Waals surface area contributed by atoms with Crippen molar-refractivity contribution < 1.29 is 14.3 Å². The van der Waals surface area contributed by atoms with Crippen LogP contribution in [0.1, 0.15) is 5.56 Å². The number of amides is 1. The molecule has 3 aromatic rings. The van der Waals surface area contributed by atoms with E-state index in [1.807, 2.05) is 60.0 Å². The highest BCUT2D eigenvalue weighted by molar-refractivity contribution is 8.19. The molecular weight excluding hydrogens is 394 g/mol. The van der Waals surface area contributed by atoms with Gasteiger partial charge in [0.25, 0.3) is 5.91 Å². The van der Waals surface area contributed by atoms with E-state index in [1.165, 1.54) is 23.1 Å². The van der Waals surface area contributed by atoms with Crippen LogP contribution in [0.15, 0.2) is 70.0 Å². The van der Waals surface area contributed by atoms with Gasteiger partial charge in [-0.2, -0.15) is 4.99 Å². The Morgan fingerprint density at radius 1 is 1.11 bits per heavy atom. The van der Waals surface area contributed by atoms with Crippen molar-refractivity contribution in [3.8, 4) is 11.5 Å². The second-order valence-electron chi connectivity index (χ2n) is 5.91. The van der Waals surface area contributed by atoms with Gasteiger partial charge >= 0.3 is 0 Å². The summed E-state index contributed by atoms with van der Waals surface area (Å²) in [6.45, 7) is 0.218. The van der Waals surface area contributed by atoms with Crippen LogP contribution in [0.5, 0.6) is 11.5 Å². The molecule has 0 aliphatic carbocycles. The van der Waals surface area contributed by atoms with Crippen molar-refractivity contribution in [1.82, 2.24) is 4.98 Å². The standard InChI is InChI=1S/C20H13N3O3S2/c24-18-17(11-13-6-7-15-16(10-13)26-12-25-15)28-20(22-19-21-8-9-27-19)23(18)14-4-2-1-3-5-14/h1-11H,12H2/b17-11-,22-20+. The number of para-hydroxylation sites is 1. The van der Waals surface area contributed by atoms with Gasteiger partial charge < -0.3 is 9.47 Å². The third kappa shape index (κ3) is 3.17. The number of carbonyl (C=O) groups is 1. The average molecular weight is 407 g/mol. The number of amidine groups is 1. The molecular formula is C20H13N3O3S2. The first kappa shape index (κ1) is 17.0. The maximum Gasteiger partial charge on any atom is 0.271 e. The molecule has 2 aliphatic heterocycles. The minimum Gasteiger partial charge on any atom is -0.454 e. The molecule has 0 bridgehead atoms. The van der Waals surface area contributed by atoms with Gasteiger partial charge in [0, 0.05) is 11.6 Å². The van der Waals surface area contributed by atoms with Gasteiger partial charge in [-0.3, -0.25) is 9.69 Å². The first-order valence-corrected chi connectivity index (χ1v) is 10.1. The normalized spacial score (nSPS) is 18.4. The Kier molecular flexibility index (Phi) is 4.34. The molecule has 0 radical (unpaired) electrons. The fourth-order valence-corrected chi connectivity index (χ4v) is 4.40. The Balaban J connectivity index is 1.54. The van der Waals surface area contributed by atoms with Crippen LogP contribution in [0.4, 0.5) is 10.8 Å². The SMILES string of the molecule is O=C1/C(=C/c2ccc3c(c2)OCO3)S/C(=N/c2nccs2)N1c1ccccc1. The highest BCUT2D eigenvalue weighted by Gasteiger charge is 2.35. The van der Waals surface area contributed by atoms with Crippen LogP contribution in [0.3, 0.4) is 0 Å². The molecule has 2 aliphatic rings. The number of thiazole rings is 1. The molecule has 0 atom stereocenters. The van der Waals surface area contributed by atoms with Crippen LogP contribution in [0.2, 0.25) is 0 Å². The Bertz CT molecular complexity index is 1100. The topological polar surface area (TPSA) is 64.0 Å². The molecule has 8 heteroatoms. The van der Waals surface area contributed by atoms with Crippen LogP contribution in [0, 0.1) is 0 Å². The number of hydrogen-bond acceptors (Lipinski definition) is 7. The van der Waals surface area contributed by atoms with Crippen molar-refractivity contribution in [2.75, 3.05) is 11.7 Å². The summed E-state index contributed by atoms with van der Waals surface area (Å²) in [6, 6.07) is 15.1. The Hall–Kier alpha value is -3.10. The lowest BCUT2D eigenvalue weighted by atomic mass is 10.2. The van der Waals surface area contributed by atoms with Crippen molar-refractivity contribution >= 4 is 51.1 Å². The number of benzene rings is 2. The maximum atomic E-state index is 13.2. The summed E-state index contributed by atoms with van der Waals surface area (Å²) in [4.78, 5) is 24.2. The van der Waals surface area contributed by atoms with Crippen LogP contribution in [-0.4, -0.2) is 22.9 Å². The molecule has 1 saturated heterocycles. The number of ether oxygens (including phenoxy) is 2. The van der Waals surface area contributed by atoms with Crippen molar-refractivity contribution in [2.24, 2.45) is 4.99 Å². The fraction of sp³-hybridized carbons (Fsp3) is 0.0500. The molecule has 1 fully saturated rings. The highest BCUT2D eigenvalue weighted by Crippen LogP contribution is 2.39. The summed E-state index contributed by atoms with van der Waals surface area (Å²) in [5.74, 6) is 1.27. The van der Waals surface area contributed by atoms with Gasteiger partial charge in [-0.05, 0) is 47.7 Å². The van der Waals surface area contributed by atoms with Gasteiger partial charge in [0.2, 0.25) is 11.9 Å². The molecule has 3 heterocycles. The first-order valence-electron chi connectivity index (χ1n) is 8.45. The van der Waals surface area contributed by atoms with Crippen molar-refractivity contribution in [3.63, 3.8) is 0 Å². The molecule has 6 nitrogen and oxygen atoms in total. The quantitative estimate of drug-likeness (QED) is 0.590. The van der Waals surface area contributed by atoms with E-state index in [0.29, 0.717) is 26.7 Å². The largest absolute Gasteiger partial charge is 0.454 e. The Labute approximate surface area is 169 Å². The second kappa shape index (κ2) is 7.14. The third-order valence-corrected chi connectivity index (χ3v) is 5.76. The van der Waals surface area contributed by atoms with E-state index in [0.717, 1.165) is 11.3 Å². The number of thioether (sulfide) groups is 1. The Morgan fingerprint density at radius 2 is 1.96 bits per heavy atom. The van der Waals surface area contributed by atoms with Crippen LogP contribution in [0.25, 0.3) is 6.08 Å². The summed E-state index contributed by atoms with van der Waals surface area (Å²) in [6.07, 6.45) is 3.54. The van der Waals surface area contributed by atoms with E-state index in [-0.39, 0.29) is 12.7 Å². The molecule has 2 aromatic carbocycles. The Morgan fingerprint density at radius 3 is 2.79 bits per heavy atom. The van der Waals surface area contributed by atoms with Gasteiger partial charge in [-0.25, -0.2) is 4.98 Å². The number of fused-ring (bicyclic) bond motifs is 1. The van der Waals surface area contributed by atoms with E-state index >= 15 is 0 Å². The number of rotatable bonds is 3. The zero-order valence-electron chi connectivity index (χ0n) is 14.4. The predicted molar refractivity (Wildman–Crippen MR) is 111 cm³/mol. The number of aliphatic imine (C=N–C) groups is 1. The minimum atomic E-state index is -0.121. The lowest BCUT2D eigenvalue weighted by Gasteiger charge is -2.14. The zero-order valence-corrected chi connectivity index (χ0v) is 16.1. The fourth-order valence-electron chi connectivity index (χ4n) is 2.86. The van der Waals surface area contributed by atoms with Gasteiger partial charge in [-0.15, -0.1) is 11.3 Å². The molecule has 0 saturated carbocycles. The summed E-state index contributed by atoms with van der Waals surface area (Å²) in [5.41, 5.74) is 1.63. The van der Waals surface area contributed by atoms with E-state index in [4.69, 9.17) is 9.47 Å². The maximum absolute atomic E-state index is 13.2. The molecule has 1 aromatic heterocycles. The van der Waals surface area contributed by atoms with E-state index in [2.05, 4.69) is 9.98 Å². The average Bonchev–Trinajstić information content (AvgIpc) is 3.44. The summed E-state index contributed by atoms with van der Waals surface area (Å²) in [5, 5.41) is 3.05. The summed E-state index contributed by atoms with van der Waals surface area (Å²) in [7, 11) is 0. The number of anilines is 1. The van der Waals surface area contributed by atoms with Gasteiger partial charge in [0.1, 0.15) is 0 Å². The van der Waals surface area contributed by atoms with Gasteiger partial charge in [0.05, 0.1) is 10.6 Å². The molecule has 138 valence electrons. The molecule has 28 heavy (non-hydrogen) atoms. The second-order valence-corrected chi connectivity index (χ2v) is 7.79. The number of nitrogens with zero attached hydrogens (tertiary/aromatic N) is 3. The highest BCUT2D eigenvalue weighted by atomic mass is 32.2. The molecule has 0 spiro atoms. The summed E-state index contributed by atoms with van der Waals surface area (Å²) >= 11 is 2.76. The molecule has 5 rings (SSSR count). The monoisotopic (exact) mass is 407 g/mol. The van der Waals surface area contributed by atoms with E-state index < -0.39 is 0 Å². The van der Waals surface area contributed by atoms with E-state index in [1.54, 1.807) is 11.1 Å². The zero-order chi connectivity index (χ0) is 18.9. The van der Waals surface area contributed by atoms with Crippen molar-refractivity contribution in [3.05, 3.63) is 70.6 Å². The lowest BCUT2D eigenvalue weighted by Crippen LogP contribution is -2.28. The van der Waals surface area contributed by atoms with E-state index in [9.17, 15) is 4.79 Å². The number of aromatic nitrogens is 1. The minimum absolute atomic E-state index is 0.121. The molecule has 0 N–H and O–H groups in total. The van der Waals surface area contributed by atoms with Crippen LogP contribution < -0.4 is 14.4 Å². The predicted octanol–water partition coefficient (Wildman–Crippen LogP) is 4.68. The number of carbonyl (C=O) groups excluding carboxylic acids is 1. The lowest BCUT2D eigenvalue weighted by molar-refractivity contribution is -0.113. The third-order valence-electron chi connectivity index (χ3n) is 4.13. The van der Waals surface area contributed by atoms with Crippen LogP contribution >= 0.6 is 23.1 Å². The van der Waals surface area contributed by atoms with Gasteiger partial charge in [0.15, 0.2) is 16.7 Å². The smallest absolute Gasteiger partial charge is 0.271 e. The van der Waals surface area contributed by atoms with Crippen molar-refractivity contribution in [1.29, 1.82) is 0 Å². The first-order chi connectivity index (χ1) is 13.8. The summed E-state index contributed by atoms with van der Waals surface area (Å²) < 4.78 is 10.8. The van der Waals surface area contributed by atoms with Crippen LogP contribution in [-0.2, 0) is 4.79 Å². The van der Waals surface area contributed by atoms with Gasteiger partial charge in [-0.1, -0.05) is 24.3 Å². The van der Waals surface area contributed by atoms with Crippen molar-refractivity contribution in [2.45, 2.75) is 0 Å². The molecule has 1 amide bonds. The number of hydrogen-bond donors (Lipinski definition) is 0.